The van der Waals surface area contributed by atoms with E-state index in [4.69, 9.17) is 16.6 Å². The van der Waals surface area contributed by atoms with Crippen molar-refractivity contribution in [2.75, 3.05) is 6.54 Å². The Bertz CT molecular complexity index is 394. The number of nitrogens with two attached hydrogens (primary N) is 2. The molecule has 0 aliphatic heterocycles. The SMILES string of the molecule is NC(=O)C(O)CNC(=O)[C@H](N)c1ccccc1. The summed E-state index contributed by atoms with van der Waals surface area (Å²) in [5.74, 6) is -1.37. The predicted octanol–water partition coefficient (Wildman–Crippen LogP) is -1.35. The first-order valence-electron chi connectivity index (χ1n) is 5.08. The second-order valence-electron chi connectivity index (χ2n) is 3.55. The van der Waals surface area contributed by atoms with Gasteiger partial charge >= 0.3 is 0 Å². The first-order valence-corrected chi connectivity index (χ1v) is 5.08. The fraction of sp³-hybridized carbons (Fsp3) is 0.273. The van der Waals surface area contributed by atoms with E-state index in [1.165, 1.54) is 0 Å². The normalized spacial score (nSPS) is 13.8. The molecule has 1 aromatic rings. The molecular formula is C11H15N3O3. The van der Waals surface area contributed by atoms with Crippen LogP contribution in [0.1, 0.15) is 11.6 Å². The number of benzene rings is 1. The number of aliphatic hydroxyl groups is 1. The van der Waals surface area contributed by atoms with Crippen LogP contribution in [0, 0.1) is 0 Å². The van der Waals surface area contributed by atoms with Crippen LogP contribution in [0.4, 0.5) is 0 Å². The molecule has 6 nitrogen and oxygen atoms in total. The second-order valence-corrected chi connectivity index (χ2v) is 3.55. The minimum atomic E-state index is -1.40. The van der Waals surface area contributed by atoms with E-state index >= 15 is 0 Å². The topological polar surface area (TPSA) is 118 Å². The van der Waals surface area contributed by atoms with Crippen molar-refractivity contribution in [1.29, 1.82) is 0 Å². The lowest BCUT2D eigenvalue weighted by molar-refractivity contribution is -0.127. The third kappa shape index (κ3) is 3.86. The molecule has 0 aliphatic carbocycles. The van der Waals surface area contributed by atoms with Gasteiger partial charge in [-0.15, -0.1) is 0 Å². The standard InChI is InChI=1S/C11H15N3O3/c12-9(7-4-2-1-3-5-7)11(17)14-6-8(15)10(13)16/h1-5,8-9,15H,6,12H2,(H2,13,16)(H,14,17)/t8?,9-/m1/s1. The number of aliphatic hydroxyl groups excluding tert-OH is 1. The Balaban J connectivity index is 2.51. The number of carbonyl (C=O) groups is 2. The monoisotopic (exact) mass is 237 g/mol. The predicted molar refractivity (Wildman–Crippen MR) is 61.6 cm³/mol. The molecule has 0 fully saturated rings. The van der Waals surface area contributed by atoms with E-state index in [1.54, 1.807) is 24.3 Å². The average Bonchev–Trinajstić information content (AvgIpc) is 2.35. The van der Waals surface area contributed by atoms with Crippen LogP contribution in [0.5, 0.6) is 0 Å². The van der Waals surface area contributed by atoms with E-state index in [9.17, 15) is 9.59 Å². The summed E-state index contributed by atoms with van der Waals surface area (Å²) in [4.78, 5) is 22.1. The Morgan fingerprint density at radius 2 is 1.88 bits per heavy atom. The van der Waals surface area contributed by atoms with Crippen LogP contribution in [0.3, 0.4) is 0 Å². The zero-order valence-electron chi connectivity index (χ0n) is 9.17. The molecule has 0 radical (unpaired) electrons. The Kier molecular flexibility index (Phi) is 4.62. The number of hydrogen-bond donors (Lipinski definition) is 4. The van der Waals surface area contributed by atoms with Crippen molar-refractivity contribution < 1.29 is 14.7 Å². The van der Waals surface area contributed by atoms with Gasteiger partial charge in [-0.2, -0.15) is 0 Å². The van der Waals surface area contributed by atoms with E-state index < -0.39 is 24.0 Å². The first kappa shape index (κ1) is 13.1. The van der Waals surface area contributed by atoms with Gasteiger partial charge in [0.05, 0.1) is 6.54 Å². The average molecular weight is 237 g/mol. The quantitative estimate of drug-likeness (QED) is 0.506. The zero-order chi connectivity index (χ0) is 12.8. The lowest BCUT2D eigenvalue weighted by Crippen LogP contribution is -2.43. The third-order valence-electron chi connectivity index (χ3n) is 2.24. The van der Waals surface area contributed by atoms with Crippen LogP contribution >= 0.6 is 0 Å². The van der Waals surface area contributed by atoms with Crippen LogP contribution in [-0.4, -0.2) is 29.6 Å². The summed E-state index contributed by atoms with van der Waals surface area (Å²) in [5, 5.41) is 11.4. The maximum atomic E-state index is 11.6. The summed E-state index contributed by atoms with van der Waals surface area (Å²) in [6.07, 6.45) is -1.40. The van der Waals surface area contributed by atoms with Gasteiger partial charge in [0.15, 0.2) is 0 Å². The Morgan fingerprint density at radius 1 is 1.29 bits per heavy atom. The van der Waals surface area contributed by atoms with Gasteiger partial charge in [0.1, 0.15) is 12.1 Å². The molecule has 1 unspecified atom stereocenters. The number of hydrogen-bond acceptors (Lipinski definition) is 4. The number of amides is 2. The summed E-state index contributed by atoms with van der Waals surface area (Å²) in [6.45, 7) is -0.241. The van der Waals surface area contributed by atoms with Crippen molar-refractivity contribution in [3.05, 3.63) is 35.9 Å². The largest absolute Gasteiger partial charge is 0.381 e. The number of rotatable bonds is 5. The van der Waals surface area contributed by atoms with Crippen molar-refractivity contribution in [1.82, 2.24) is 5.32 Å². The molecule has 2 amide bonds. The van der Waals surface area contributed by atoms with Crippen molar-refractivity contribution in [3.63, 3.8) is 0 Å². The summed E-state index contributed by atoms with van der Waals surface area (Å²) in [7, 11) is 0. The van der Waals surface area contributed by atoms with Crippen molar-refractivity contribution >= 4 is 11.8 Å². The van der Waals surface area contributed by atoms with Gasteiger partial charge in [0.25, 0.3) is 0 Å². The smallest absolute Gasteiger partial charge is 0.248 e. The van der Waals surface area contributed by atoms with Gasteiger partial charge < -0.3 is 21.9 Å². The van der Waals surface area contributed by atoms with Crippen LogP contribution in [0.2, 0.25) is 0 Å². The maximum absolute atomic E-state index is 11.6. The van der Waals surface area contributed by atoms with Crippen molar-refractivity contribution in [2.24, 2.45) is 11.5 Å². The number of carbonyl (C=O) groups excluding carboxylic acids is 2. The molecule has 6 heteroatoms. The number of nitrogens with one attached hydrogen (secondary N) is 1. The lowest BCUT2D eigenvalue weighted by atomic mass is 10.1. The summed E-state index contributed by atoms with van der Waals surface area (Å²) in [6, 6.07) is 7.94. The molecule has 0 saturated carbocycles. The zero-order valence-corrected chi connectivity index (χ0v) is 9.17. The second kappa shape index (κ2) is 5.97. The summed E-state index contributed by atoms with van der Waals surface area (Å²) < 4.78 is 0. The maximum Gasteiger partial charge on any atom is 0.248 e. The van der Waals surface area contributed by atoms with Crippen molar-refractivity contribution in [3.8, 4) is 0 Å². The minimum absolute atomic E-state index is 0.241. The molecule has 2 atom stereocenters. The van der Waals surface area contributed by atoms with E-state index in [0.717, 1.165) is 0 Å². The number of primary amides is 1. The molecule has 0 aliphatic rings. The Hall–Kier alpha value is -1.92. The van der Waals surface area contributed by atoms with E-state index in [2.05, 4.69) is 5.32 Å². The molecule has 17 heavy (non-hydrogen) atoms. The highest BCUT2D eigenvalue weighted by Crippen LogP contribution is 2.08. The fourth-order valence-corrected chi connectivity index (χ4v) is 1.22. The van der Waals surface area contributed by atoms with Gasteiger partial charge in [0, 0.05) is 0 Å². The minimum Gasteiger partial charge on any atom is -0.381 e. The molecular weight excluding hydrogens is 222 g/mol. The van der Waals surface area contributed by atoms with Gasteiger partial charge in [-0.1, -0.05) is 30.3 Å². The van der Waals surface area contributed by atoms with Gasteiger partial charge in [-0.25, -0.2) is 0 Å². The fourth-order valence-electron chi connectivity index (χ4n) is 1.22. The summed E-state index contributed by atoms with van der Waals surface area (Å²) >= 11 is 0. The molecule has 0 aromatic heterocycles. The van der Waals surface area contributed by atoms with Crippen LogP contribution in [-0.2, 0) is 9.59 Å². The molecule has 1 rings (SSSR count). The van der Waals surface area contributed by atoms with Crippen LogP contribution in [0.15, 0.2) is 30.3 Å². The molecule has 6 N–H and O–H groups in total. The van der Waals surface area contributed by atoms with E-state index in [0.29, 0.717) is 5.56 Å². The highest BCUT2D eigenvalue weighted by atomic mass is 16.3. The first-order chi connectivity index (χ1) is 8.02. The highest BCUT2D eigenvalue weighted by Gasteiger charge is 2.17. The summed E-state index contributed by atoms with van der Waals surface area (Å²) in [5.41, 5.74) is 11.2. The van der Waals surface area contributed by atoms with Crippen LogP contribution < -0.4 is 16.8 Å². The lowest BCUT2D eigenvalue weighted by Gasteiger charge is -2.13. The van der Waals surface area contributed by atoms with Crippen molar-refractivity contribution in [2.45, 2.75) is 12.1 Å². The van der Waals surface area contributed by atoms with Gasteiger partial charge in [0.2, 0.25) is 11.8 Å². The Morgan fingerprint density at radius 3 is 2.41 bits per heavy atom. The molecule has 0 heterocycles. The molecule has 0 spiro atoms. The Labute approximate surface area is 98.6 Å². The van der Waals surface area contributed by atoms with E-state index in [1.807, 2.05) is 6.07 Å². The molecule has 1 aromatic carbocycles. The van der Waals surface area contributed by atoms with Gasteiger partial charge in [-0.3, -0.25) is 9.59 Å². The molecule has 0 saturated heterocycles. The molecule has 92 valence electrons. The molecule has 0 bridgehead atoms. The van der Waals surface area contributed by atoms with E-state index in [-0.39, 0.29) is 6.54 Å². The third-order valence-corrected chi connectivity index (χ3v) is 2.24. The van der Waals surface area contributed by atoms with Gasteiger partial charge in [-0.05, 0) is 5.56 Å². The van der Waals surface area contributed by atoms with Crippen LogP contribution in [0.25, 0.3) is 0 Å². The highest BCUT2D eigenvalue weighted by molar-refractivity contribution is 5.84.